The first-order valence-corrected chi connectivity index (χ1v) is 17.3. The summed E-state index contributed by atoms with van der Waals surface area (Å²) >= 11 is 1.56. The predicted molar refractivity (Wildman–Crippen MR) is 179 cm³/mol. The van der Waals surface area contributed by atoms with Gasteiger partial charge < -0.3 is 29.1 Å². The summed E-state index contributed by atoms with van der Waals surface area (Å²) in [7, 11) is 0. The molecule has 1 N–H and O–H groups in total. The van der Waals surface area contributed by atoms with E-state index in [9.17, 15) is 19.5 Å². The van der Waals surface area contributed by atoms with Gasteiger partial charge in [0.1, 0.15) is 18.4 Å². The van der Waals surface area contributed by atoms with Crippen LogP contribution in [-0.4, -0.2) is 95.3 Å². The van der Waals surface area contributed by atoms with Crippen molar-refractivity contribution in [1.82, 2.24) is 14.8 Å². The van der Waals surface area contributed by atoms with Crippen LogP contribution in [0.3, 0.4) is 0 Å². The number of fused-ring (bicyclic) bond motifs is 1. The fraction of sp³-hybridized carbons (Fsp3) is 0.500. The van der Waals surface area contributed by atoms with E-state index in [2.05, 4.69) is 4.98 Å². The second-order valence-corrected chi connectivity index (χ2v) is 13.2. The molecule has 2 aliphatic rings. The van der Waals surface area contributed by atoms with Crippen LogP contribution in [0.5, 0.6) is 5.75 Å². The van der Waals surface area contributed by atoms with Gasteiger partial charge in [0, 0.05) is 38.1 Å². The van der Waals surface area contributed by atoms with Crippen LogP contribution in [0.1, 0.15) is 60.8 Å². The monoisotopic (exact) mass is 663 g/mol. The fourth-order valence-corrected chi connectivity index (χ4v) is 7.23. The molecule has 0 saturated carbocycles. The Hall–Kier alpha value is -3.64. The van der Waals surface area contributed by atoms with Gasteiger partial charge in [0.25, 0.3) is 5.91 Å². The number of nitrogens with zero attached hydrogens (tertiary/aromatic N) is 3. The predicted octanol–water partition coefficient (Wildman–Crippen LogP) is 4.69. The van der Waals surface area contributed by atoms with E-state index in [0.29, 0.717) is 57.3 Å². The van der Waals surface area contributed by atoms with Gasteiger partial charge in [-0.15, -0.1) is 11.3 Å². The summed E-state index contributed by atoms with van der Waals surface area (Å²) in [5, 5.41) is 10.6. The van der Waals surface area contributed by atoms with Crippen molar-refractivity contribution in [3.8, 4) is 16.2 Å². The molecule has 0 spiro atoms. The Morgan fingerprint density at radius 3 is 2.57 bits per heavy atom. The number of ether oxygens (including phenoxy) is 3. The molecule has 1 aromatic heterocycles. The Kier molecular flexibility index (Phi) is 11.8. The van der Waals surface area contributed by atoms with Crippen molar-refractivity contribution in [2.24, 2.45) is 5.92 Å². The third-order valence-electron chi connectivity index (χ3n) is 8.78. The van der Waals surface area contributed by atoms with E-state index < -0.39 is 18.2 Å². The lowest BCUT2D eigenvalue weighted by Crippen LogP contribution is -2.54. The van der Waals surface area contributed by atoms with E-state index in [4.69, 9.17) is 14.2 Å². The number of β-amino-alcohol motifs (C(OH)–C–C–N with tert-alkyl or cyclic N) is 1. The molecule has 1 saturated heterocycles. The number of aryl methyl sites for hydroxylation is 2. The molecule has 10 nitrogen and oxygen atoms in total. The standard InChI is InChI=1S/C36H45N3O7S/c1-5-44-14-15-45-16-17-46-32-18-26(34-24(4)37-22-47-34)11-10-25(32)12-13-31(41)30-19-28(40)21-38(30)36(43)33(23(2)3)39-20-27-8-6-7-9-29(27)35(39)42/h6-11,18,22-23,28,30,33,40H,5,12-17,19-21H2,1-4H3/t28-,30+,33+/m1/s1. The summed E-state index contributed by atoms with van der Waals surface area (Å²) < 4.78 is 17.1. The molecule has 0 aliphatic carbocycles. The zero-order chi connectivity index (χ0) is 33.5. The molecule has 252 valence electrons. The first-order valence-electron chi connectivity index (χ1n) is 16.4. The van der Waals surface area contributed by atoms with Crippen LogP contribution >= 0.6 is 11.3 Å². The molecule has 1 fully saturated rings. The maximum absolute atomic E-state index is 14.1. The Morgan fingerprint density at radius 2 is 1.85 bits per heavy atom. The summed E-state index contributed by atoms with van der Waals surface area (Å²) in [6.07, 6.45) is -0.0587. The number of aliphatic hydroxyl groups excluding tert-OH is 1. The maximum Gasteiger partial charge on any atom is 0.255 e. The minimum absolute atomic E-state index is 0.0635. The van der Waals surface area contributed by atoms with E-state index in [0.717, 1.165) is 27.3 Å². The van der Waals surface area contributed by atoms with Crippen molar-refractivity contribution in [1.29, 1.82) is 0 Å². The van der Waals surface area contributed by atoms with Gasteiger partial charge in [-0.3, -0.25) is 14.4 Å². The van der Waals surface area contributed by atoms with Crippen molar-refractivity contribution < 1.29 is 33.7 Å². The minimum atomic E-state index is -0.810. The molecular formula is C36H45N3O7S. The van der Waals surface area contributed by atoms with E-state index in [1.54, 1.807) is 22.3 Å². The average molecular weight is 664 g/mol. The SMILES string of the molecule is CCOCCOCCOc1cc(-c2scnc2C)ccc1CCC(=O)[C@@H]1C[C@@H](O)CN1C(=O)[C@H](C(C)C)N1Cc2ccccc2C1=O. The van der Waals surface area contributed by atoms with Gasteiger partial charge in [-0.05, 0) is 55.0 Å². The second-order valence-electron chi connectivity index (χ2n) is 12.4. The summed E-state index contributed by atoms with van der Waals surface area (Å²) in [5.74, 6) is -0.116. The number of Topliss-reactive ketones (excluding diaryl/α,β-unsaturated/α-hetero) is 1. The molecule has 3 atom stereocenters. The number of hydrogen-bond donors (Lipinski definition) is 1. The van der Waals surface area contributed by atoms with E-state index in [1.165, 1.54) is 4.90 Å². The van der Waals surface area contributed by atoms with Crippen molar-refractivity contribution in [3.05, 3.63) is 70.4 Å². The molecule has 5 rings (SSSR count). The second kappa shape index (κ2) is 16.0. The number of thiazole rings is 1. The maximum atomic E-state index is 14.1. The van der Waals surface area contributed by atoms with Gasteiger partial charge in [-0.1, -0.05) is 44.2 Å². The van der Waals surface area contributed by atoms with Crippen LogP contribution in [0.4, 0.5) is 0 Å². The zero-order valence-electron chi connectivity index (χ0n) is 27.6. The Bertz CT molecular complexity index is 1560. The molecule has 0 radical (unpaired) electrons. The molecule has 3 heterocycles. The number of benzene rings is 2. The third kappa shape index (κ3) is 8.09. The number of carbonyl (C=O) groups excluding carboxylic acids is 3. The first kappa shape index (κ1) is 34.7. The van der Waals surface area contributed by atoms with Gasteiger partial charge in [-0.2, -0.15) is 0 Å². The number of hydrogen-bond acceptors (Lipinski definition) is 9. The van der Waals surface area contributed by atoms with Gasteiger partial charge in [0.15, 0.2) is 5.78 Å². The van der Waals surface area contributed by atoms with Crippen LogP contribution in [-0.2, 0) is 32.0 Å². The normalized spacial score (nSPS) is 18.2. The lowest BCUT2D eigenvalue weighted by Gasteiger charge is -2.35. The average Bonchev–Trinajstić information content (AvgIpc) is 3.76. The number of rotatable bonds is 16. The summed E-state index contributed by atoms with van der Waals surface area (Å²) in [6.45, 7) is 10.5. The number of aliphatic hydroxyl groups is 1. The molecule has 2 aliphatic heterocycles. The highest BCUT2D eigenvalue weighted by molar-refractivity contribution is 7.13. The summed E-state index contributed by atoms with van der Waals surface area (Å²) in [6, 6.07) is 11.9. The van der Waals surface area contributed by atoms with Crippen molar-refractivity contribution in [2.45, 2.75) is 71.7 Å². The molecular weight excluding hydrogens is 618 g/mol. The highest BCUT2D eigenvalue weighted by Gasteiger charge is 2.45. The molecule has 2 aromatic carbocycles. The highest BCUT2D eigenvalue weighted by atomic mass is 32.1. The number of aromatic nitrogens is 1. The Morgan fingerprint density at radius 1 is 1.09 bits per heavy atom. The molecule has 2 amide bonds. The largest absolute Gasteiger partial charge is 0.491 e. The highest BCUT2D eigenvalue weighted by Crippen LogP contribution is 2.34. The van der Waals surface area contributed by atoms with E-state index in [-0.39, 0.29) is 42.9 Å². The molecule has 0 bridgehead atoms. The quantitative estimate of drug-likeness (QED) is 0.219. The van der Waals surface area contributed by atoms with Crippen LogP contribution in [0.25, 0.3) is 10.4 Å². The fourth-order valence-electron chi connectivity index (χ4n) is 6.43. The lowest BCUT2D eigenvalue weighted by molar-refractivity contribution is -0.142. The number of amides is 2. The van der Waals surface area contributed by atoms with E-state index in [1.807, 2.05) is 69.6 Å². The molecule has 0 unspecified atom stereocenters. The minimum Gasteiger partial charge on any atom is -0.491 e. The van der Waals surface area contributed by atoms with Crippen molar-refractivity contribution in [2.75, 3.05) is 39.6 Å². The molecule has 3 aromatic rings. The summed E-state index contributed by atoms with van der Waals surface area (Å²) in [5.41, 5.74) is 6.10. The molecule has 47 heavy (non-hydrogen) atoms. The third-order valence-corrected chi connectivity index (χ3v) is 9.76. The first-order chi connectivity index (χ1) is 22.7. The van der Waals surface area contributed by atoms with Crippen LogP contribution in [0.2, 0.25) is 0 Å². The topological polar surface area (TPSA) is 118 Å². The van der Waals surface area contributed by atoms with Crippen LogP contribution in [0, 0.1) is 12.8 Å². The number of likely N-dealkylation sites (tertiary alicyclic amines) is 1. The van der Waals surface area contributed by atoms with Crippen molar-refractivity contribution >= 4 is 28.9 Å². The molecule has 11 heteroatoms. The Balaban J connectivity index is 1.28. The van der Waals surface area contributed by atoms with Gasteiger partial charge >= 0.3 is 0 Å². The van der Waals surface area contributed by atoms with Gasteiger partial charge in [0.05, 0.1) is 48.0 Å². The van der Waals surface area contributed by atoms with E-state index >= 15 is 0 Å². The Labute approximate surface area is 280 Å². The number of carbonyl (C=O) groups is 3. The van der Waals surface area contributed by atoms with Crippen molar-refractivity contribution in [3.63, 3.8) is 0 Å². The number of ketones is 1. The van der Waals surface area contributed by atoms with Gasteiger partial charge in [-0.25, -0.2) is 4.98 Å². The smallest absolute Gasteiger partial charge is 0.255 e. The zero-order valence-corrected chi connectivity index (χ0v) is 28.5. The van der Waals surface area contributed by atoms with Crippen LogP contribution < -0.4 is 4.74 Å². The lowest BCUT2D eigenvalue weighted by atomic mass is 9.97. The van der Waals surface area contributed by atoms with Gasteiger partial charge in [0.2, 0.25) is 5.91 Å². The van der Waals surface area contributed by atoms with Crippen LogP contribution in [0.15, 0.2) is 48.0 Å². The summed E-state index contributed by atoms with van der Waals surface area (Å²) in [4.78, 5) is 49.7.